The van der Waals surface area contributed by atoms with Crippen molar-refractivity contribution in [2.24, 2.45) is 22.5 Å². The molecular weight excluding hydrogens is 206 g/mol. The first-order valence-electron chi connectivity index (χ1n) is 6.52. The second kappa shape index (κ2) is 3.58. The Hall–Kier alpha value is -0.820. The Morgan fingerprint density at radius 3 is 1.94 bits per heavy atom. The van der Waals surface area contributed by atoms with Crippen molar-refractivity contribution in [1.29, 1.82) is 0 Å². The standard InChI is InChI=1S/C16H25N/c1-10-7-8-12(9-11(10)2)13(17)14-15(3,4)16(14,5)6/h7-9,13-14H,17H2,1-6H3. The predicted octanol–water partition coefficient (Wildman–Crippen LogP) is 3.99. The molecule has 1 aromatic carbocycles. The van der Waals surface area contributed by atoms with Crippen LogP contribution in [-0.2, 0) is 0 Å². The van der Waals surface area contributed by atoms with Crippen LogP contribution >= 0.6 is 0 Å². The molecule has 94 valence electrons. The van der Waals surface area contributed by atoms with Gasteiger partial charge in [-0.05, 0) is 47.3 Å². The molecule has 0 amide bonds. The third-order valence-corrected chi connectivity index (χ3v) is 5.41. The van der Waals surface area contributed by atoms with E-state index in [1.54, 1.807) is 0 Å². The summed E-state index contributed by atoms with van der Waals surface area (Å²) in [6.07, 6.45) is 0. The van der Waals surface area contributed by atoms with Crippen molar-refractivity contribution in [3.05, 3.63) is 34.9 Å². The molecular formula is C16H25N. The highest BCUT2D eigenvalue weighted by Gasteiger charge is 2.66. The second-order valence-electron chi connectivity index (χ2n) is 6.79. The Balaban J connectivity index is 2.28. The van der Waals surface area contributed by atoms with E-state index in [0.717, 1.165) is 0 Å². The minimum Gasteiger partial charge on any atom is -0.324 e. The van der Waals surface area contributed by atoms with Crippen LogP contribution in [0.25, 0.3) is 0 Å². The van der Waals surface area contributed by atoms with Gasteiger partial charge < -0.3 is 5.73 Å². The minimum atomic E-state index is 0.166. The maximum atomic E-state index is 6.47. The normalized spacial score (nSPS) is 23.5. The largest absolute Gasteiger partial charge is 0.324 e. The lowest BCUT2D eigenvalue weighted by atomic mass is 9.95. The van der Waals surface area contributed by atoms with Gasteiger partial charge in [0.2, 0.25) is 0 Å². The molecule has 1 fully saturated rings. The maximum absolute atomic E-state index is 6.47. The molecule has 0 heterocycles. The van der Waals surface area contributed by atoms with Gasteiger partial charge in [0, 0.05) is 6.04 Å². The van der Waals surface area contributed by atoms with Crippen molar-refractivity contribution in [2.45, 2.75) is 47.6 Å². The highest BCUT2D eigenvalue weighted by Crippen LogP contribution is 2.71. The van der Waals surface area contributed by atoms with E-state index < -0.39 is 0 Å². The number of hydrogen-bond donors (Lipinski definition) is 1. The van der Waals surface area contributed by atoms with Crippen molar-refractivity contribution in [3.63, 3.8) is 0 Å². The lowest BCUT2D eigenvalue weighted by molar-refractivity contribution is 0.457. The van der Waals surface area contributed by atoms with E-state index in [9.17, 15) is 0 Å². The first-order chi connectivity index (χ1) is 7.69. The molecule has 0 aliphatic heterocycles. The monoisotopic (exact) mass is 231 g/mol. The molecule has 1 aliphatic rings. The van der Waals surface area contributed by atoms with Crippen LogP contribution in [-0.4, -0.2) is 0 Å². The number of rotatable bonds is 2. The average Bonchev–Trinajstić information content (AvgIpc) is 2.61. The SMILES string of the molecule is Cc1ccc(C(N)C2C(C)(C)C2(C)C)cc1C. The summed E-state index contributed by atoms with van der Waals surface area (Å²) in [5, 5.41) is 0. The van der Waals surface area contributed by atoms with E-state index in [-0.39, 0.29) is 6.04 Å². The second-order valence-corrected chi connectivity index (χ2v) is 6.79. The van der Waals surface area contributed by atoms with Gasteiger partial charge in [0.05, 0.1) is 0 Å². The molecule has 1 atom stereocenters. The van der Waals surface area contributed by atoms with Crippen LogP contribution in [0.1, 0.15) is 50.4 Å². The first kappa shape index (κ1) is 12.6. The fraction of sp³-hybridized carbons (Fsp3) is 0.625. The van der Waals surface area contributed by atoms with Crippen LogP contribution in [0, 0.1) is 30.6 Å². The molecule has 1 aromatic rings. The summed E-state index contributed by atoms with van der Waals surface area (Å²) in [5.74, 6) is 0.581. The summed E-state index contributed by atoms with van der Waals surface area (Å²) in [6.45, 7) is 13.6. The quantitative estimate of drug-likeness (QED) is 0.818. The van der Waals surface area contributed by atoms with Gasteiger partial charge in [-0.25, -0.2) is 0 Å². The van der Waals surface area contributed by atoms with Gasteiger partial charge in [0.1, 0.15) is 0 Å². The molecule has 1 aliphatic carbocycles. The van der Waals surface area contributed by atoms with Gasteiger partial charge in [0.25, 0.3) is 0 Å². The number of nitrogens with two attached hydrogens (primary N) is 1. The van der Waals surface area contributed by atoms with E-state index in [1.807, 2.05) is 0 Å². The Labute approximate surface area is 105 Å². The number of aryl methyl sites for hydroxylation is 2. The van der Waals surface area contributed by atoms with Crippen molar-refractivity contribution in [2.75, 3.05) is 0 Å². The molecule has 1 unspecified atom stereocenters. The fourth-order valence-electron chi connectivity index (χ4n) is 3.31. The molecule has 1 saturated carbocycles. The smallest absolute Gasteiger partial charge is 0.0334 e. The van der Waals surface area contributed by atoms with Crippen LogP contribution < -0.4 is 5.73 Å². The lowest BCUT2D eigenvalue weighted by Gasteiger charge is -2.16. The van der Waals surface area contributed by atoms with Gasteiger partial charge in [-0.2, -0.15) is 0 Å². The summed E-state index contributed by atoms with van der Waals surface area (Å²) < 4.78 is 0. The van der Waals surface area contributed by atoms with Crippen molar-refractivity contribution < 1.29 is 0 Å². The average molecular weight is 231 g/mol. The summed E-state index contributed by atoms with van der Waals surface area (Å²) in [5.41, 5.74) is 11.1. The zero-order valence-corrected chi connectivity index (χ0v) is 12.0. The Morgan fingerprint density at radius 2 is 1.53 bits per heavy atom. The zero-order valence-electron chi connectivity index (χ0n) is 12.0. The van der Waals surface area contributed by atoms with Crippen LogP contribution in [0.15, 0.2) is 18.2 Å². The maximum Gasteiger partial charge on any atom is 0.0334 e. The molecule has 0 radical (unpaired) electrons. The Morgan fingerprint density at radius 1 is 1.00 bits per heavy atom. The Kier molecular flexibility index (Phi) is 2.66. The summed E-state index contributed by atoms with van der Waals surface area (Å²) in [6, 6.07) is 6.80. The molecule has 0 saturated heterocycles. The summed E-state index contributed by atoms with van der Waals surface area (Å²) >= 11 is 0. The topological polar surface area (TPSA) is 26.0 Å². The van der Waals surface area contributed by atoms with Crippen LogP contribution in [0.3, 0.4) is 0 Å². The molecule has 1 nitrogen and oxygen atoms in total. The third-order valence-electron chi connectivity index (χ3n) is 5.41. The highest BCUT2D eigenvalue weighted by atomic mass is 14.8. The molecule has 0 aromatic heterocycles. The molecule has 2 N–H and O–H groups in total. The van der Waals surface area contributed by atoms with Crippen molar-refractivity contribution >= 4 is 0 Å². The number of benzene rings is 1. The van der Waals surface area contributed by atoms with E-state index >= 15 is 0 Å². The molecule has 0 bridgehead atoms. The Bertz CT molecular complexity index is 429. The summed E-state index contributed by atoms with van der Waals surface area (Å²) in [4.78, 5) is 0. The molecule has 0 spiro atoms. The highest BCUT2D eigenvalue weighted by molar-refractivity contribution is 5.34. The van der Waals surface area contributed by atoms with Gasteiger partial charge >= 0.3 is 0 Å². The number of hydrogen-bond acceptors (Lipinski definition) is 1. The van der Waals surface area contributed by atoms with E-state index in [4.69, 9.17) is 5.73 Å². The molecule has 1 heteroatoms. The zero-order chi connectivity index (χ0) is 13.0. The van der Waals surface area contributed by atoms with Gasteiger partial charge in [-0.3, -0.25) is 0 Å². The third kappa shape index (κ3) is 1.72. The van der Waals surface area contributed by atoms with Crippen LogP contribution in [0.2, 0.25) is 0 Å². The molecule has 17 heavy (non-hydrogen) atoms. The first-order valence-corrected chi connectivity index (χ1v) is 6.52. The van der Waals surface area contributed by atoms with Crippen molar-refractivity contribution in [3.8, 4) is 0 Å². The molecule has 2 rings (SSSR count). The van der Waals surface area contributed by atoms with Gasteiger partial charge in [-0.1, -0.05) is 45.9 Å². The van der Waals surface area contributed by atoms with E-state index in [0.29, 0.717) is 16.7 Å². The van der Waals surface area contributed by atoms with E-state index in [2.05, 4.69) is 59.7 Å². The van der Waals surface area contributed by atoms with Gasteiger partial charge in [0.15, 0.2) is 0 Å². The minimum absolute atomic E-state index is 0.166. The lowest BCUT2D eigenvalue weighted by Crippen LogP contribution is -2.16. The summed E-state index contributed by atoms with van der Waals surface area (Å²) in [7, 11) is 0. The fourth-order valence-corrected chi connectivity index (χ4v) is 3.31. The van der Waals surface area contributed by atoms with Gasteiger partial charge in [-0.15, -0.1) is 0 Å². The van der Waals surface area contributed by atoms with Crippen LogP contribution in [0.4, 0.5) is 0 Å². The van der Waals surface area contributed by atoms with E-state index in [1.165, 1.54) is 16.7 Å². The van der Waals surface area contributed by atoms with Crippen molar-refractivity contribution in [1.82, 2.24) is 0 Å². The van der Waals surface area contributed by atoms with Crippen LogP contribution in [0.5, 0.6) is 0 Å². The predicted molar refractivity (Wildman–Crippen MR) is 73.9 cm³/mol.